The van der Waals surface area contributed by atoms with Crippen molar-refractivity contribution in [3.8, 4) is 0 Å². The third-order valence-corrected chi connectivity index (χ3v) is 5.19. The van der Waals surface area contributed by atoms with Gasteiger partial charge in [-0.3, -0.25) is 0 Å². The summed E-state index contributed by atoms with van der Waals surface area (Å²) in [6.45, 7) is 3.99. The maximum Gasteiger partial charge on any atom is 0.201 e. The van der Waals surface area contributed by atoms with Crippen molar-refractivity contribution in [3.63, 3.8) is 0 Å². The van der Waals surface area contributed by atoms with Crippen LogP contribution in [0.5, 0.6) is 0 Å². The Bertz CT molecular complexity index is 791. The molecule has 2 aromatic rings. The van der Waals surface area contributed by atoms with Crippen molar-refractivity contribution in [2.45, 2.75) is 0 Å². The zero-order valence-electron chi connectivity index (χ0n) is 16.0. The Labute approximate surface area is 155 Å². The third-order valence-electron chi connectivity index (χ3n) is 5.19. The van der Waals surface area contributed by atoms with Crippen molar-refractivity contribution in [3.05, 3.63) is 36.4 Å². The largest absolute Gasteiger partial charge is 0.344 e. The maximum absolute atomic E-state index is 4.99. The number of aliphatic imine (C=N–C) groups is 2. The summed E-state index contributed by atoms with van der Waals surface area (Å²) >= 11 is 0. The minimum Gasteiger partial charge on any atom is -0.344 e. The summed E-state index contributed by atoms with van der Waals surface area (Å²) in [5.41, 5.74) is 1.83. The highest BCUT2D eigenvalue weighted by Gasteiger charge is 2.22. The fourth-order valence-corrected chi connectivity index (χ4v) is 3.54. The van der Waals surface area contributed by atoms with Crippen LogP contribution in [-0.4, -0.2) is 85.9 Å². The van der Waals surface area contributed by atoms with Crippen LogP contribution in [0.15, 0.2) is 46.4 Å². The first-order chi connectivity index (χ1) is 12.5. The molecule has 0 atom stereocenters. The summed E-state index contributed by atoms with van der Waals surface area (Å²) in [7, 11) is 8.36. The van der Waals surface area contributed by atoms with Crippen molar-refractivity contribution >= 4 is 34.1 Å². The quantitative estimate of drug-likeness (QED) is 0.834. The molecule has 0 saturated carbocycles. The van der Waals surface area contributed by atoms with Crippen molar-refractivity contribution in [1.82, 2.24) is 19.6 Å². The molecule has 6 nitrogen and oxygen atoms in total. The molecule has 0 aliphatic carbocycles. The number of guanidine groups is 2. The van der Waals surface area contributed by atoms with E-state index in [1.807, 2.05) is 0 Å². The molecule has 136 valence electrons. The van der Waals surface area contributed by atoms with Gasteiger partial charge in [-0.15, -0.1) is 0 Å². The Morgan fingerprint density at radius 1 is 0.615 bits per heavy atom. The van der Waals surface area contributed by atoms with Gasteiger partial charge in [0, 0.05) is 54.4 Å². The molecule has 0 radical (unpaired) electrons. The van der Waals surface area contributed by atoms with E-state index in [-0.39, 0.29) is 0 Å². The van der Waals surface area contributed by atoms with E-state index in [0.717, 1.165) is 49.5 Å². The van der Waals surface area contributed by atoms with Crippen LogP contribution in [0.4, 0.5) is 11.4 Å². The molecule has 0 unspecified atom stereocenters. The monoisotopic (exact) mass is 350 g/mol. The molecule has 2 aromatic carbocycles. The Kier molecular flexibility index (Phi) is 4.18. The molecular formula is C20H26N6. The summed E-state index contributed by atoms with van der Waals surface area (Å²) < 4.78 is 0. The number of likely N-dealkylation sites (N-methyl/N-ethyl adjacent to an activating group) is 4. The highest BCUT2D eigenvalue weighted by atomic mass is 15.4. The molecule has 6 heteroatoms. The first-order valence-corrected chi connectivity index (χ1v) is 9.07. The van der Waals surface area contributed by atoms with Crippen LogP contribution in [0.25, 0.3) is 10.8 Å². The Morgan fingerprint density at radius 3 is 1.31 bits per heavy atom. The standard InChI is InChI=1S/C20H26N6/c1-23-9-10-24(2)19(23)21-17-13-15-7-5-6-8-16(15)14-18(17)22-20-25(3)11-12-26(20)4/h5-8,13-14H,9-12H2,1-4H3. The van der Waals surface area contributed by atoms with E-state index in [4.69, 9.17) is 9.98 Å². The van der Waals surface area contributed by atoms with Gasteiger partial charge in [0.15, 0.2) is 0 Å². The average molecular weight is 350 g/mol. The minimum atomic E-state index is 0.917. The van der Waals surface area contributed by atoms with Gasteiger partial charge in [-0.25, -0.2) is 9.98 Å². The van der Waals surface area contributed by atoms with Gasteiger partial charge >= 0.3 is 0 Å². The normalized spacial score (nSPS) is 17.7. The summed E-state index contributed by atoms with van der Waals surface area (Å²) in [6.07, 6.45) is 0. The zero-order chi connectivity index (χ0) is 18.3. The molecule has 0 bridgehead atoms. The van der Waals surface area contributed by atoms with Gasteiger partial charge in [0.05, 0.1) is 11.4 Å². The van der Waals surface area contributed by atoms with Gasteiger partial charge in [0.25, 0.3) is 0 Å². The van der Waals surface area contributed by atoms with Crippen molar-refractivity contribution in [2.24, 2.45) is 9.98 Å². The lowest BCUT2D eigenvalue weighted by atomic mass is 10.1. The topological polar surface area (TPSA) is 37.7 Å². The van der Waals surface area contributed by atoms with Crippen LogP contribution >= 0.6 is 0 Å². The van der Waals surface area contributed by atoms with E-state index in [0.29, 0.717) is 0 Å². The molecule has 2 aliphatic rings. The molecule has 2 fully saturated rings. The van der Waals surface area contributed by atoms with Gasteiger partial charge in [-0.05, 0) is 22.9 Å². The molecule has 4 rings (SSSR count). The van der Waals surface area contributed by atoms with Crippen LogP contribution in [0, 0.1) is 0 Å². The Balaban J connectivity index is 1.87. The van der Waals surface area contributed by atoms with Crippen LogP contribution in [-0.2, 0) is 0 Å². The molecule has 0 amide bonds. The molecule has 2 aliphatic heterocycles. The van der Waals surface area contributed by atoms with E-state index < -0.39 is 0 Å². The highest BCUT2D eigenvalue weighted by molar-refractivity contribution is 5.95. The predicted octanol–water partition coefficient (Wildman–Crippen LogP) is 2.57. The summed E-state index contributed by atoms with van der Waals surface area (Å²) in [5, 5.41) is 2.37. The average Bonchev–Trinajstić information content (AvgIpc) is 3.12. The highest BCUT2D eigenvalue weighted by Crippen LogP contribution is 2.34. The summed E-state index contributed by atoms with van der Waals surface area (Å²) in [4.78, 5) is 18.8. The maximum atomic E-state index is 4.99. The van der Waals surface area contributed by atoms with Crippen LogP contribution in [0.3, 0.4) is 0 Å². The van der Waals surface area contributed by atoms with Gasteiger partial charge in [0.1, 0.15) is 0 Å². The molecule has 2 saturated heterocycles. The van der Waals surface area contributed by atoms with E-state index in [9.17, 15) is 0 Å². The lowest BCUT2D eigenvalue weighted by Gasteiger charge is -2.18. The lowest BCUT2D eigenvalue weighted by Crippen LogP contribution is -2.28. The van der Waals surface area contributed by atoms with Crippen molar-refractivity contribution in [2.75, 3.05) is 54.4 Å². The molecule has 26 heavy (non-hydrogen) atoms. The number of nitrogens with zero attached hydrogens (tertiary/aromatic N) is 6. The third kappa shape index (κ3) is 2.96. The lowest BCUT2D eigenvalue weighted by molar-refractivity contribution is 0.553. The fourth-order valence-electron chi connectivity index (χ4n) is 3.54. The SMILES string of the molecule is CN1CCN(C)C1=Nc1cc2ccccc2cc1N=C1N(C)CCN1C. The number of rotatable bonds is 2. The second-order valence-electron chi connectivity index (χ2n) is 7.20. The summed E-state index contributed by atoms with van der Waals surface area (Å²) in [5.74, 6) is 1.99. The minimum absolute atomic E-state index is 0.917. The molecular weight excluding hydrogens is 324 g/mol. The predicted molar refractivity (Wildman–Crippen MR) is 109 cm³/mol. The van der Waals surface area contributed by atoms with Gasteiger partial charge in [-0.2, -0.15) is 0 Å². The van der Waals surface area contributed by atoms with Gasteiger partial charge in [-0.1, -0.05) is 24.3 Å². The Hall–Kier alpha value is -2.76. The van der Waals surface area contributed by atoms with E-state index in [1.165, 1.54) is 10.8 Å². The number of hydrogen-bond acceptors (Lipinski definition) is 2. The van der Waals surface area contributed by atoms with E-state index in [1.54, 1.807) is 0 Å². The van der Waals surface area contributed by atoms with Crippen LogP contribution in [0.2, 0.25) is 0 Å². The second kappa shape index (κ2) is 6.52. The van der Waals surface area contributed by atoms with E-state index >= 15 is 0 Å². The number of hydrogen-bond donors (Lipinski definition) is 0. The Morgan fingerprint density at radius 2 is 0.962 bits per heavy atom. The van der Waals surface area contributed by atoms with Crippen LogP contribution < -0.4 is 0 Å². The second-order valence-corrected chi connectivity index (χ2v) is 7.20. The van der Waals surface area contributed by atoms with Crippen LogP contribution in [0.1, 0.15) is 0 Å². The fraction of sp³-hybridized carbons (Fsp3) is 0.400. The number of benzene rings is 2. The summed E-state index contributed by atoms with van der Waals surface area (Å²) in [6, 6.07) is 12.7. The first-order valence-electron chi connectivity index (χ1n) is 9.07. The van der Waals surface area contributed by atoms with Gasteiger partial charge in [0.2, 0.25) is 11.9 Å². The van der Waals surface area contributed by atoms with Gasteiger partial charge < -0.3 is 19.6 Å². The molecule has 0 N–H and O–H groups in total. The zero-order valence-corrected chi connectivity index (χ0v) is 16.0. The van der Waals surface area contributed by atoms with E-state index in [2.05, 4.69) is 84.2 Å². The molecule has 0 aromatic heterocycles. The molecule has 0 spiro atoms. The number of fused-ring (bicyclic) bond motifs is 1. The smallest absolute Gasteiger partial charge is 0.201 e. The molecule has 2 heterocycles. The van der Waals surface area contributed by atoms with Crippen molar-refractivity contribution in [1.29, 1.82) is 0 Å². The first kappa shape index (κ1) is 16.7. The van der Waals surface area contributed by atoms with Crippen molar-refractivity contribution < 1.29 is 0 Å².